The molecule has 2 aromatic carbocycles. The monoisotopic (exact) mass is 322 g/mol. The molecule has 126 valence electrons. The van der Waals surface area contributed by atoms with Crippen molar-refractivity contribution in [3.05, 3.63) is 53.1 Å². The summed E-state index contributed by atoms with van der Waals surface area (Å²) >= 11 is 0. The minimum absolute atomic E-state index is 0.582. The first-order chi connectivity index (χ1) is 11.7. The van der Waals surface area contributed by atoms with Crippen LogP contribution >= 0.6 is 0 Å². The van der Waals surface area contributed by atoms with Gasteiger partial charge < -0.3 is 10.0 Å². The Labute approximate surface area is 145 Å². The lowest BCUT2D eigenvalue weighted by atomic mass is 9.79. The summed E-state index contributed by atoms with van der Waals surface area (Å²) < 4.78 is 0. The number of aryl methyl sites for hydroxylation is 1. The Balaban J connectivity index is 1.69. The van der Waals surface area contributed by atoms with Gasteiger partial charge in [-0.25, -0.2) is 0 Å². The molecule has 24 heavy (non-hydrogen) atoms. The summed E-state index contributed by atoms with van der Waals surface area (Å²) in [5.41, 5.74) is 7.27. The Morgan fingerprint density at radius 3 is 2.50 bits per heavy atom. The van der Waals surface area contributed by atoms with E-state index in [4.69, 9.17) is 0 Å². The third-order valence-corrected chi connectivity index (χ3v) is 5.16. The lowest BCUT2D eigenvalue weighted by molar-refractivity contribution is 0.426. The summed E-state index contributed by atoms with van der Waals surface area (Å²) in [5, 5.41) is 18.8. The zero-order chi connectivity index (χ0) is 16.9. The summed E-state index contributed by atoms with van der Waals surface area (Å²) in [6.45, 7) is 2.26. The molecule has 1 aliphatic rings. The molecule has 0 bridgehead atoms. The van der Waals surface area contributed by atoms with Gasteiger partial charge in [0.1, 0.15) is 0 Å². The quantitative estimate of drug-likeness (QED) is 0.489. The maximum Gasteiger partial charge on any atom is 0.488 e. The average Bonchev–Trinajstić information content (AvgIpc) is 2.96. The van der Waals surface area contributed by atoms with E-state index in [1.807, 2.05) is 18.2 Å². The van der Waals surface area contributed by atoms with Gasteiger partial charge in [-0.2, -0.15) is 0 Å². The lowest BCUT2D eigenvalue weighted by Gasteiger charge is -2.08. The lowest BCUT2D eigenvalue weighted by Crippen LogP contribution is -2.29. The Bertz CT molecular complexity index is 694. The third kappa shape index (κ3) is 3.74. The SMILES string of the molecule is CCCCCCCCc1cccc2c1Cc1cc(B(O)O)ccc1-2. The summed E-state index contributed by atoms with van der Waals surface area (Å²) in [7, 11) is -1.39. The number of unbranched alkanes of at least 4 members (excludes halogenated alkanes) is 5. The fourth-order valence-electron chi connectivity index (χ4n) is 3.80. The van der Waals surface area contributed by atoms with Crippen molar-refractivity contribution in [1.82, 2.24) is 0 Å². The van der Waals surface area contributed by atoms with Crippen LogP contribution in [-0.2, 0) is 12.8 Å². The molecular formula is C21H27BO2. The van der Waals surface area contributed by atoms with Crippen molar-refractivity contribution < 1.29 is 10.0 Å². The number of fused-ring (bicyclic) bond motifs is 3. The number of hydrogen-bond acceptors (Lipinski definition) is 2. The summed E-state index contributed by atoms with van der Waals surface area (Å²) in [6.07, 6.45) is 10.0. The molecule has 2 aromatic rings. The number of hydrogen-bond donors (Lipinski definition) is 2. The smallest absolute Gasteiger partial charge is 0.423 e. The minimum Gasteiger partial charge on any atom is -0.423 e. The first-order valence-corrected chi connectivity index (χ1v) is 9.30. The number of rotatable bonds is 8. The van der Waals surface area contributed by atoms with Crippen LogP contribution in [0.5, 0.6) is 0 Å². The predicted molar refractivity (Wildman–Crippen MR) is 102 cm³/mol. The van der Waals surface area contributed by atoms with Crippen LogP contribution in [0.2, 0.25) is 0 Å². The van der Waals surface area contributed by atoms with E-state index in [1.54, 1.807) is 0 Å². The van der Waals surface area contributed by atoms with Gasteiger partial charge in [-0.1, -0.05) is 75.4 Å². The van der Waals surface area contributed by atoms with Crippen LogP contribution in [0.1, 0.15) is 62.1 Å². The molecule has 0 heterocycles. The highest BCUT2D eigenvalue weighted by molar-refractivity contribution is 6.58. The summed E-state index contributed by atoms with van der Waals surface area (Å²) in [4.78, 5) is 0. The second-order valence-electron chi connectivity index (χ2n) is 6.93. The molecular weight excluding hydrogens is 295 g/mol. The second-order valence-corrected chi connectivity index (χ2v) is 6.93. The topological polar surface area (TPSA) is 40.5 Å². The molecule has 0 atom stereocenters. The van der Waals surface area contributed by atoms with Gasteiger partial charge in [0.05, 0.1) is 0 Å². The molecule has 0 aliphatic heterocycles. The van der Waals surface area contributed by atoms with Crippen LogP contribution in [0, 0.1) is 0 Å². The molecule has 1 aliphatic carbocycles. The number of benzene rings is 2. The molecule has 0 unspecified atom stereocenters. The Kier molecular flexibility index (Phi) is 5.75. The van der Waals surface area contributed by atoms with Crippen LogP contribution in [0.25, 0.3) is 11.1 Å². The Morgan fingerprint density at radius 1 is 0.917 bits per heavy atom. The highest BCUT2D eigenvalue weighted by Crippen LogP contribution is 2.38. The second kappa shape index (κ2) is 8.00. The van der Waals surface area contributed by atoms with Crippen molar-refractivity contribution >= 4 is 12.6 Å². The maximum atomic E-state index is 9.39. The molecule has 0 amide bonds. The highest BCUT2D eigenvalue weighted by atomic mass is 16.4. The van der Waals surface area contributed by atoms with Gasteiger partial charge in [-0.3, -0.25) is 0 Å². The van der Waals surface area contributed by atoms with Crippen LogP contribution < -0.4 is 5.46 Å². The van der Waals surface area contributed by atoms with Gasteiger partial charge in [-0.05, 0) is 52.5 Å². The van der Waals surface area contributed by atoms with Crippen molar-refractivity contribution in [3.63, 3.8) is 0 Å². The zero-order valence-electron chi connectivity index (χ0n) is 14.6. The van der Waals surface area contributed by atoms with Gasteiger partial charge in [0.2, 0.25) is 0 Å². The summed E-state index contributed by atoms with van der Waals surface area (Å²) in [6, 6.07) is 12.4. The molecule has 3 rings (SSSR count). The van der Waals surface area contributed by atoms with Gasteiger partial charge in [-0.15, -0.1) is 0 Å². The molecule has 0 saturated carbocycles. The van der Waals surface area contributed by atoms with E-state index in [9.17, 15) is 10.0 Å². The fourth-order valence-corrected chi connectivity index (χ4v) is 3.80. The third-order valence-electron chi connectivity index (χ3n) is 5.16. The predicted octanol–water partition coefficient (Wildman–Crippen LogP) is 3.84. The molecule has 3 heteroatoms. The molecule has 2 N–H and O–H groups in total. The van der Waals surface area contributed by atoms with Crippen molar-refractivity contribution in [2.75, 3.05) is 0 Å². The van der Waals surface area contributed by atoms with Crippen molar-refractivity contribution in [2.24, 2.45) is 0 Å². The maximum absolute atomic E-state index is 9.39. The zero-order valence-corrected chi connectivity index (χ0v) is 14.6. The highest BCUT2D eigenvalue weighted by Gasteiger charge is 2.22. The molecule has 0 saturated heterocycles. The fraction of sp³-hybridized carbons (Fsp3) is 0.429. The van der Waals surface area contributed by atoms with Crippen molar-refractivity contribution in [3.8, 4) is 11.1 Å². The van der Waals surface area contributed by atoms with Crippen LogP contribution in [0.3, 0.4) is 0 Å². The van der Waals surface area contributed by atoms with E-state index in [0.29, 0.717) is 5.46 Å². The normalized spacial score (nSPS) is 12.1. The van der Waals surface area contributed by atoms with Gasteiger partial charge in [0.25, 0.3) is 0 Å². The van der Waals surface area contributed by atoms with E-state index < -0.39 is 7.12 Å². The van der Waals surface area contributed by atoms with E-state index in [-0.39, 0.29) is 0 Å². The van der Waals surface area contributed by atoms with Crippen LogP contribution in [-0.4, -0.2) is 17.2 Å². The Morgan fingerprint density at radius 2 is 1.71 bits per heavy atom. The van der Waals surface area contributed by atoms with Crippen LogP contribution in [0.15, 0.2) is 36.4 Å². The van der Waals surface area contributed by atoms with Gasteiger partial charge in [0.15, 0.2) is 0 Å². The minimum atomic E-state index is -1.39. The average molecular weight is 322 g/mol. The molecule has 2 nitrogen and oxygen atoms in total. The van der Waals surface area contributed by atoms with E-state index in [0.717, 1.165) is 12.8 Å². The van der Waals surface area contributed by atoms with Crippen molar-refractivity contribution in [1.29, 1.82) is 0 Å². The molecule has 0 spiro atoms. The van der Waals surface area contributed by atoms with Crippen LogP contribution in [0.4, 0.5) is 0 Å². The van der Waals surface area contributed by atoms with Crippen molar-refractivity contribution in [2.45, 2.75) is 58.3 Å². The molecule has 0 fully saturated rings. The molecule has 0 radical (unpaired) electrons. The Hall–Kier alpha value is -1.58. The first-order valence-electron chi connectivity index (χ1n) is 9.30. The first kappa shape index (κ1) is 17.3. The van der Waals surface area contributed by atoms with E-state index in [2.05, 4.69) is 25.1 Å². The molecule has 0 aromatic heterocycles. The standard InChI is InChI=1S/C21H27BO2/c1-2-3-4-5-6-7-9-16-10-8-11-20-19-13-12-18(22(23)24)14-17(19)15-21(16)20/h8,10-14,23-24H,2-7,9,15H2,1H3. The van der Waals surface area contributed by atoms with Gasteiger partial charge >= 0.3 is 7.12 Å². The summed E-state index contributed by atoms with van der Waals surface area (Å²) in [5.74, 6) is 0. The largest absolute Gasteiger partial charge is 0.488 e. The van der Waals surface area contributed by atoms with E-state index in [1.165, 1.54) is 66.3 Å². The van der Waals surface area contributed by atoms with E-state index >= 15 is 0 Å². The van der Waals surface area contributed by atoms with Gasteiger partial charge in [0, 0.05) is 0 Å².